The second-order valence-corrected chi connectivity index (χ2v) is 5.58. The van der Waals surface area contributed by atoms with Crippen LogP contribution in [0.5, 0.6) is 0 Å². The molecule has 3 heteroatoms. The van der Waals surface area contributed by atoms with Crippen LogP contribution in [0, 0.1) is 11.8 Å². The first-order chi connectivity index (χ1) is 7.50. The minimum absolute atomic E-state index is 0.0990. The van der Waals surface area contributed by atoms with Crippen molar-refractivity contribution in [1.82, 2.24) is 10.2 Å². The van der Waals surface area contributed by atoms with Crippen LogP contribution in [0.4, 0.5) is 0 Å². The molecule has 3 nitrogen and oxygen atoms in total. The van der Waals surface area contributed by atoms with E-state index < -0.39 is 0 Å². The maximum Gasteiger partial charge on any atom is 0.222 e. The van der Waals surface area contributed by atoms with Gasteiger partial charge in [-0.3, -0.25) is 4.79 Å². The van der Waals surface area contributed by atoms with E-state index in [4.69, 9.17) is 0 Å². The van der Waals surface area contributed by atoms with Gasteiger partial charge >= 0.3 is 0 Å². The quantitative estimate of drug-likeness (QED) is 0.794. The lowest BCUT2D eigenvalue weighted by molar-refractivity contribution is -0.125. The van der Waals surface area contributed by atoms with Crippen LogP contribution in [0.25, 0.3) is 0 Å². The van der Waals surface area contributed by atoms with Gasteiger partial charge in [0.15, 0.2) is 0 Å². The predicted octanol–water partition coefficient (Wildman–Crippen LogP) is 1.88. The molecule has 0 aliphatic heterocycles. The van der Waals surface area contributed by atoms with E-state index in [1.165, 1.54) is 19.3 Å². The highest BCUT2D eigenvalue weighted by Gasteiger charge is 2.27. The Hall–Kier alpha value is -0.570. The summed E-state index contributed by atoms with van der Waals surface area (Å²) in [6.45, 7) is 5.00. The number of carbonyl (C=O) groups excluding carboxylic acids is 1. The molecule has 0 aromatic carbocycles. The first kappa shape index (κ1) is 13.5. The largest absolute Gasteiger partial charge is 0.353 e. The zero-order chi connectivity index (χ0) is 12.1. The molecule has 0 aromatic rings. The summed E-state index contributed by atoms with van der Waals surface area (Å²) in [7, 11) is 4.21. The topological polar surface area (TPSA) is 32.3 Å². The molecule has 1 rings (SSSR count). The summed E-state index contributed by atoms with van der Waals surface area (Å²) in [6, 6.07) is 0.394. The molecule has 1 N–H and O–H groups in total. The van der Waals surface area contributed by atoms with Gasteiger partial charge in [0.1, 0.15) is 0 Å². The molecule has 1 saturated carbocycles. The molecule has 0 heterocycles. The Kier molecular flexibility index (Phi) is 5.26. The summed E-state index contributed by atoms with van der Waals surface area (Å²) in [5, 5.41) is 3.21. The van der Waals surface area contributed by atoms with Gasteiger partial charge in [-0.1, -0.05) is 26.7 Å². The van der Waals surface area contributed by atoms with Gasteiger partial charge < -0.3 is 10.2 Å². The Morgan fingerprint density at radius 3 is 2.50 bits per heavy atom. The first-order valence-electron chi connectivity index (χ1n) is 6.45. The van der Waals surface area contributed by atoms with E-state index in [2.05, 4.69) is 24.3 Å². The van der Waals surface area contributed by atoms with Crippen LogP contribution in [-0.2, 0) is 4.79 Å². The van der Waals surface area contributed by atoms with E-state index in [-0.39, 0.29) is 11.8 Å². The maximum atomic E-state index is 11.7. The molecule has 2 unspecified atom stereocenters. The zero-order valence-corrected chi connectivity index (χ0v) is 11.1. The smallest absolute Gasteiger partial charge is 0.222 e. The third kappa shape index (κ3) is 4.12. The van der Waals surface area contributed by atoms with Gasteiger partial charge in [-0.05, 0) is 32.9 Å². The van der Waals surface area contributed by atoms with Crippen LogP contribution in [0.2, 0.25) is 0 Å². The number of nitrogens with zero attached hydrogens (tertiary/aromatic N) is 1. The molecule has 1 fully saturated rings. The monoisotopic (exact) mass is 226 g/mol. The molecule has 2 atom stereocenters. The van der Waals surface area contributed by atoms with E-state index >= 15 is 0 Å². The van der Waals surface area contributed by atoms with Crippen LogP contribution >= 0.6 is 0 Å². The number of carbonyl (C=O) groups is 1. The second kappa shape index (κ2) is 6.24. The predicted molar refractivity (Wildman–Crippen MR) is 67.3 cm³/mol. The fourth-order valence-electron chi connectivity index (χ4n) is 2.43. The number of amides is 1. The molecule has 0 spiro atoms. The van der Waals surface area contributed by atoms with Crippen LogP contribution in [-0.4, -0.2) is 37.5 Å². The average Bonchev–Trinajstić information content (AvgIpc) is 2.20. The average molecular weight is 226 g/mol. The van der Waals surface area contributed by atoms with Gasteiger partial charge in [0.25, 0.3) is 0 Å². The molecule has 94 valence electrons. The minimum atomic E-state index is 0.0990. The second-order valence-electron chi connectivity index (χ2n) is 5.58. The van der Waals surface area contributed by atoms with Crippen molar-refractivity contribution in [2.24, 2.45) is 11.8 Å². The Morgan fingerprint density at radius 1 is 1.31 bits per heavy atom. The Bertz CT molecular complexity index is 226. The van der Waals surface area contributed by atoms with Crippen molar-refractivity contribution in [1.29, 1.82) is 0 Å². The van der Waals surface area contributed by atoms with Crippen molar-refractivity contribution in [3.63, 3.8) is 0 Å². The van der Waals surface area contributed by atoms with E-state index in [9.17, 15) is 4.79 Å². The summed E-state index contributed by atoms with van der Waals surface area (Å²) >= 11 is 0. The molecule has 1 amide bonds. The third-order valence-electron chi connectivity index (χ3n) is 3.36. The Balaban J connectivity index is 2.49. The molecular formula is C13H26N2O. The number of hydrogen-bond acceptors (Lipinski definition) is 2. The highest BCUT2D eigenvalue weighted by atomic mass is 16.1. The third-order valence-corrected chi connectivity index (χ3v) is 3.36. The molecule has 0 saturated heterocycles. The summed E-state index contributed by atoms with van der Waals surface area (Å²) in [5.74, 6) is 0.934. The zero-order valence-electron chi connectivity index (χ0n) is 11.1. The van der Waals surface area contributed by atoms with Crippen LogP contribution in [0.3, 0.4) is 0 Å². The van der Waals surface area contributed by atoms with Crippen molar-refractivity contribution in [3.05, 3.63) is 0 Å². The van der Waals surface area contributed by atoms with Crippen molar-refractivity contribution >= 4 is 5.91 Å². The normalized spacial score (nSPS) is 26.1. The number of hydrogen-bond donors (Lipinski definition) is 1. The van der Waals surface area contributed by atoms with Gasteiger partial charge in [-0.25, -0.2) is 0 Å². The van der Waals surface area contributed by atoms with Gasteiger partial charge in [-0.15, -0.1) is 0 Å². The lowest BCUT2D eigenvalue weighted by atomic mass is 9.84. The van der Waals surface area contributed by atoms with E-state index in [1.807, 2.05) is 13.8 Å². The lowest BCUT2D eigenvalue weighted by Gasteiger charge is -2.34. The molecule has 0 radical (unpaired) electrons. The highest BCUT2D eigenvalue weighted by molar-refractivity contribution is 5.78. The van der Waals surface area contributed by atoms with Crippen molar-refractivity contribution < 1.29 is 4.79 Å². The van der Waals surface area contributed by atoms with Gasteiger partial charge in [0, 0.05) is 18.5 Å². The van der Waals surface area contributed by atoms with Crippen molar-refractivity contribution in [2.45, 2.75) is 45.6 Å². The molecule has 16 heavy (non-hydrogen) atoms. The standard InChI is InChI=1S/C13H26N2O/c1-10(2)13(16)14-12-8-6-5-7-11(12)9-15(3)4/h10-12H,5-9H2,1-4H3,(H,14,16). The fourth-order valence-corrected chi connectivity index (χ4v) is 2.43. The highest BCUT2D eigenvalue weighted by Crippen LogP contribution is 2.25. The number of nitrogens with one attached hydrogen (secondary N) is 1. The molecule has 0 aromatic heterocycles. The van der Waals surface area contributed by atoms with Crippen LogP contribution < -0.4 is 5.32 Å². The molecular weight excluding hydrogens is 200 g/mol. The van der Waals surface area contributed by atoms with E-state index in [1.54, 1.807) is 0 Å². The molecule has 1 aliphatic carbocycles. The van der Waals surface area contributed by atoms with Gasteiger partial charge in [-0.2, -0.15) is 0 Å². The summed E-state index contributed by atoms with van der Waals surface area (Å²) in [5.41, 5.74) is 0. The fraction of sp³-hybridized carbons (Fsp3) is 0.923. The minimum Gasteiger partial charge on any atom is -0.353 e. The first-order valence-corrected chi connectivity index (χ1v) is 6.45. The Labute approximate surface area is 99.6 Å². The van der Waals surface area contributed by atoms with Gasteiger partial charge in [0.05, 0.1) is 0 Å². The van der Waals surface area contributed by atoms with Crippen LogP contribution in [0.15, 0.2) is 0 Å². The molecule has 1 aliphatic rings. The summed E-state index contributed by atoms with van der Waals surface area (Å²) in [6.07, 6.45) is 4.97. The number of rotatable bonds is 4. The van der Waals surface area contributed by atoms with E-state index in [0.717, 1.165) is 13.0 Å². The Morgan fingerprint density at radius 2 is 1.94 bits per heavy atom. The summed E-state index contributed by atoms with van der Waals surface area (Å²) in [4.78, 5) is 13.9. The van der Waals surface area contributed by atoms with Crippen molar-refractivity contribution in [2.75, 3.05) is 20.6 Å². The maximum absolute atomic E-state index is 11.7. The summed E-state index contributed by atoms with van der Waals surface area (Å²) < 4.78 is 0. The van der Waals surface area contributed by atoms with E-state index in [0.29, 0.717) is 12.0 Å². The van der Waals surface area contributed by atoms with Crippen molar-refractivity contribution in [3.8, 4) is 0 Å². The lowest BCUT2D eigenvalue weighted by Crippen LogP contribution is -2.46. The van der Waals surface area contributed by atoms with Gasteiger partial charge in [0.2, 0.25) is 5.91 Å². The molecule has 0 bridgehead atoms. The van der Waals surface area contributed by atoms with Crippen LogP contribution in [0.1, 0.15) is 39.5 Å². The SMILES string of the molecule is CC(C)C(=O)NC1CCCCC1CN(C)C.